The Kier molecular flexibility index (Phi) is 33.3. The molecule has 0 aliphatic heterocycles. The summed E-state index contributed by atoms with van der Waals surface area (Å²) in [5.41, 5.74) is 4.37. The second-order valence-electron chi connectivity index (χ2n) is 18.1. The van der Waals surface area contributed by atoms with Gasteiger partial charge in [0, 0.05) is 35.3 Å². The number of rotatable bonds is 15. The molecule has 0 radical (unpaired) electrons. The summed E-state index contributed by atoms with van der Waals surface area (Å²) in [6, 6.07) is 32.4. The van der Waals surface area contributed by atoms with Crippen molar-refractivity contribution in [1.82, 2.24) is 0 Å². The molecule has 352 valence electrons. The van der Waals surface area contributed by atoms with E-state index in [1.54, 1.807) is 0 Å². The Morgan fingerprint density at radius 2 is 0.823 bits per heavy atom. The van der Waals surface area contributed by atoms with E-state index in [0.717, 1.165) is 53.4 Å². The highest BCUT2D eigenvalue weighted by Crippen LogP contribution is 2.45. The molecule has 4 saturated carbocycles. The molecule has 62 heavy (non-hydrogen) atoms. The maximum Gasteiger partial charge on any atom is 0.0459 e. The van der Waals surface area contributed by atoms with E-state index in [1.807, 2.05) is 0 Å². The van der Waals surface area contributed by atoms with Gasteiger partial charge in [-0.25, -0.2) is 0 Å². The lowest BCUT2D eigenvalue weighted by molar-refractivity contribution is 0.219. The van der Waals surface area contributed by atoms with Crippen molar-refractivity contribution in [2.45, 2.75) is 149 Å². The standard InChI is InChI=1S/C19H28OS.C14H20S.C13H16S.C6H11BrO.4CH4/c20-12-16-6-8-18(10-16)19-9-7-17(11-19)14-21-13-15-4-2-1-3-5-15;1-12-7-8-14(9-12)11-15-10-13-5-3-2-4-6-13;1-2-6-12(7-3-1)10-14-11-13-8-4-5-9-13;7-6-2-1-5(3-6)4-8;;;;/h1-5,16-20H,6-14H2;2-6,12,14H,7-11H2,1H3;1-7,13H,8-11H2;5-6,8H,1-4H2;4*1H4. The average Bonchev–Trinajstić information content (AvgIpc) is 4.13. The fraction of sp³-hybridized carbons (Fsp3) is 0.643. The van der Waals surface area contributed by atoms with Crippen LogP contribution in [0.5, 0.6) is 0 Å². The van der Waals surface area contributed by atoms with Crippen LogP contribution in [0, 0.1) is 47.3 Å². The summed E-state index contributed by atoms with van der Waals surface area (Å²) in [5, 5.41) is 18.0. The predicted molar refractivity (Wildman–Crippen MR) is 289 cm³/mol. The molecule has 4 fully saturated rings. The van der Waals surface area contributed by atoms with E-state index in [4.69, 9.17) is 5.11 Å². The van der Waals surface area contributed by atoms with Gasteiger partial charge in [0.25, 0.3) is 0 Å². The number of thioether (sulfide) groups is 3. The maximum atomic E-state index is 9.30. The van der Waals surface area contributed by atoms with Gasteiger partial charge in [-0.1, -0.05) is 162 Å². The summed E-state index contributed by atoms with van der Waals surface area (Å²) < 4.78 is 0. The average molecular weight is 972 g/mol. The molecule has 8 rings (SSSR count). The summed E-state index contributed by atoms with van der Waals surface area (Å²) in [7, 11) is 0. The summed E-state index contributed by atoms with van der Waals surface area (Å²) in [4.78, 5) is 0.680. The van der Waals surface area contributed by atoms with Crippen molar-refractivity contribution in [2.24, 2.45) is 47.3 Å². The van der Waals surface area contributed by atoms with Crippen LogP contribution in [0.2, 0.25) is 0 Å². The fourth-order valence-corrected chi connectivity index (χ4v) is 13.9. The lowest BCUT2D eigenvalue weighted by Gasteiger charge is -2.18. The zero-order valence-corrected chi connectivity index (χ0v) is 39.6. The van der Waals surface area contributed by atoms with Crippen molar-refractivity contribution in [3.8, 4) is 0 Å². The van der Waals surface area contributed by atoms with E-state index in [0.29, 0.717) is 29.9 Å². The van der Waals surface area contributed by atoms with E-state index in [2.05, 4.69) is 161 Å². The number of benzene rings is 3. The first-order valence-corrected chi connectivity index (χ1v) is 27.2. The van der Waals surface area contributed by atoms with Gasteiger partial charge in [-0.2, -0.15) is 35.3 Å². The predicted octanol–water partition coefficient (Wildman–Crippen LogP) is 17.1. The third-order valence-electron chi connectivity index (χ3n) is 13.1. The molecule has 2 nitrogen and oxygen atoms in total. The zero-order valence-electron chi connectivity index (χ0n) is 35.6. The molecule has 6 heteroatoms. The van der Waals surface area contributed by atoms with Crippen molar-refractivity contribution >= 4 is 51.2 Å². The highest BCUT2D eigenvalue weighted by molar-refractivity contribution is 9.09. The minimum Gasteiger partial charge on any atom is -0.396 e. The Morgan fingerprint density at radius 1 is 0.452 bits per heavy atom. The molecule has 8 atom stereocenters. The molecule has 8 unspecified atom stereocenters. The van der Waals surface area contributed by atoms with Crippen LogP contribution in [-0.2, 0) is 17.3 Å². The Balaban J connectivity index is 0.000000422. The molecule has 3 aromatic rings. The van der Waals surface area contributed by atoms with Crippen LogP contribution in [0.3, 0.4) is 0 Å². The molecule has 5 aliphatic rings. The molecular weight excluding hydrogens is 881 g/mol. The number of allylic oxidation sites excluding steroid dienone is 2. The SMILES string of the molecule is C.C.C.C.C1=CCC(CSCc2ccccc2)C1.CC1CCC(CSCc2ccccc2)C1.OCC1CCC(Br)C1.OCC1CCC(C2CCC(CSCc3ccccc3)C2)C1. The molecule has 0 amide bonds. The first-order chi connectivity index (χ1) is 28.5. The highest BCUT2D eigenvalue weighted by atomic mass is 79.9. The van der Waals surface area contributed by atoms with Crippen LogP contribution < -0.4 is 0 Å². The smallest absolute Gasteiger partial charge is 0.0459 e. The van der Waals surface area contributed by atoms with Gasteiger partial charge in [-0.05, 0) is 165 Å². The van der Waals surface area contributed by atoms with Crippen LogP contribution in [-0.4, -0.2) is 45.5 Å². The number of aliphatic hydroxyl groups excluding tert-OH is 2. The Hall–Kier alpha value is -1.15. The van der Waals surface area contributed by atoms with E-state index < -0.39 is 0 Å². The van der Waals surface area contributed by atoms with Gasteiger partial charge in [0.15, 0.2) is 0 Å². The first-order valence-electron chi connectivity index (χ1n) is 22.8. The van der Waals surface area contributed by atoms with Crippen molar-refractivity contribution in [3.05, 3.63) is 120 Å². The first kappa shape index (κ1) is 58.9. The lowest BCUT2D eigenvalue weighted by Crippen LogP contribution is -2.10. The van der Waals surface area contributed by atoms with Crippen LogP contribution in [0.1, 0.15) is 143 Å². The van der Waals surface area contributed by atoms with Gasteiger partial charge in [0.1, 0.15) is 0 Å². The van der Waals surface area contributed by atoms with Gasteiger partial charge in [0.2, 0.25) is 0 Å². The van der Waals surface area contributed by atoms with E-state index >= 15 is 0 Å². The normalized spacial score (nSPS) is 25.9. The molecular formula is C56H91BrO2S3. The molecule has 0 saturated heterocycles. The van der Waals surface area contributed by atoms with Gasteiger partial charge in [-0.3, -0.25) is 0 Å². The number of hydrogen-bond acceptors (Lipinski definition) is 5. The maximum absolute atomic E-state index is 9.30. The Labute approximate surface area is 405 Å². The van der Waals surface area contributed by atoms with Gasteiger partial charge < -0.3 is 10.2 Å². The van der Waals surface area contributed by atoms with Gasteiger partial charge >= 0.3 is 0 Å². The number of aliphatic hydroxyl groups is 2. The summed E-state index contributed by atoms with van der Waals surface area (Å²) >= 11 is 9.79. The number of alkyl halides is 1. The molecule has 2 N–H and O–H groups in total. The summed E-state index contributed by atoms with van der Waals surface area (Å²) in [6.45, 7) is 3.18. The molecule has 0 bridgehead atoms. The van der Waals surface area contributed by atoms with Crippen LogP contribution in [0.4, 0.5) is 0 Å². The molecule has 5 aliphatic carbocycles. The summed E-state index contributed by atoms with van der Waals surface area (Å²) in [6.07, 6.45) is 23.5. The Bertz CT molecular complexity index is 1480. The number of halogens is 1. The van der Waals surface area contributed by atoms with E-state index in [9.17, 15) is 5.11 Å². The molecule has 0 aromatic heterocycles. The van der Waals surface area contributed by atoms with Crippen molar-refractivity contribution in [1.29, 1.82) is 0 Å². The van der Waals surface area contributed by atoms with Crippen molar-refractivity contribution in [3.63, 3.8) is 0 Å². The zero-order chi connectivity index (χ0) is 40.6. The molecule has 0 heterocycles. The largest absolute Gasteiger partial charge is 0.396 e. The van der Waals surface area contributed by atoms with E-state index in [-0.39, 0.29) is 29.7 Å². The molecule has 0 spiro atoms. The van der Waals surface area contributed by atoms with Crippen LogP contribution in [0.25, 0.3) is 0 Å². The lowest BCUT2D eigenvalue weighted by atomic mass is 9.88. The highest BCUT2D eigenvalue weighted by Gasteiger charge is 2.35. The van der Waals surface area contributed by atoms with Crippen LogP contribution in [0.15, 0.2) is 103 Å². The fourth-order valence-electron chi connectivity index (χ4n) is 9.62. The third-order valence-corrected chi connectivity index (χ3v) is 17.7. The van der Waals surface area contributed by atoms with Gasteiger partial charge in [-0.15, -0.1) is 0 Å². The monoisotopic (exact) mass is 971 g/mol. The number of hydrogen-bond donors (Lipinski definition) is 2. The quantitative estimate of drug-likeness (QED) is 0.117. The second kappa shape index (κ2) is 35.1. The van der Waals surface area contributed by atoms with Crippen molar-refractivity contribution in [2.75, 3.05) is 30.5 Å². The van der Waals surface area contributed by atoms with E-state index in [1.165, 1.54) is 123 Å². The topological polar surface area (TPSA) is 40.5 Å². The minimum atomic E-state index is 0. The second-order valence-corrected chi connectivity index (χ2v) is 22.5. The van der Waals surface area contributed by atoms with Gasteiger partial charge in [0.05, 0.1) is 0 Å². The summed E-state index contributed by atoms with van der Waals surface area (Å²) in [5.74, 6) is 14.4. The Morgan fingerprint density at radius 3 is 1.19 bits per heavy atom. The van der Waals surface area contributed by atoms with Crippen LogP contribution >= 0.6 is 51.2 Å². The molecule has 3 aromatic carbocycles. The third kappa shape index (κ3) is 23.3. The minimum absolute atomic E-state index is 0. The van der Waals surface area contributed by atoms with Crippen molar-refractivity contribution < 1.29 is 10.2 Å².